The lowest BCUT2D eigenvalue weighted by Gasteiger charge is -2.24. The highest BCUT2D eigenvalue weighted by Crippen LogP contribution is 2.41. The Morgan fingerprint density at radius 2 is 1.87 bits per heavy atom. The van der Waals surface area contributed by atoms with Gasteiger partial charge in [0, 0.05) is 10.7 Å². The van der Waals surface area contributed by atoms with Crippen molar-refractivity contribution >= 4 is 61.8 Å². The molecule has 1 fully saturated rings. The molecule has 0 spiro atoms. The van der Waals surface area contributed by atoms with Crippen molar-refractivity contribution in [3.63, 3.8) is 0 Å². The van der Waals surface area contributed by atoms with Crippen molar-refractivity contribution in [2.24, 2.45) is 5.41 Å². The van der Waals surface area contributed by atoms with E-state index in [4.69, 9.17) is 16.3 Å². The maximum absolute atomic E-state index is 13.0. The third-order valence-corrected chi connectivity index (χ3v) is 6.28. The highest BCUT2D eigenvalue weighted by molar-refractivity contribution is 7.22. The number of hydrogen-bond acceptors (Lipinski definition) is 7. The summed E-state index contributed by atoms with van der Waals surface area (Å²) in [5.74, 6) is -0.143. The minimum absolute atomic E-state index is 0.252. The topological polar surface area (TPSA) is 93.2 Å². The van der Waals surface area contributed by atoms with E-state index >= 15 is 0 Å². The third-order valence-electron chi connectivity index (χ3n) is 5.15. The Bertz CT molecular complexity index is 1080. The summed E-state index contributed by atoms with van der Waals surface area (Å²) in [6.45, 7) is 2.00. The molecule has 156 valence electrons. The van der Waals surface area contributed by atoms with Crippen LogP contribution in [0.25, 0.3) is 10.3 Å². The van der Waals surface area contributed by atoms with Crippen molar-refractivity contribution in [3.05, 3.63) is 41.4 Å². The van der Waals surface area contributed by atoms with Crippen molar-refractivity contribution in [2.45, 2.75) is 32.6 Å². The zero-order valence-electron chi connectivity index (χ0n) is 16.4. The molecule has 4 rings (SSSR count). The fourth-order valence-electron chi connectivity index (χ4n) is 3.61. The van der Waals surface area contributed by atoms with Gasteiger partial charge >= 0.3 is 5.97 Å². The van der Waals surface area contributed by atoms with E-state index in [0.29, 0.717) is 39.2 Å². The number of carbonyl (C=O) groups excluding carboxylic acids is 2. The minimum atomic E-state index is -1.12. The lowest BCUT2D eigenvalue weighted by molar-refractivity contribution is -0.159. The van der Waals surface area contributed by atoms with Crippen molar-refractivity contribution in [1.29, 1.82) is 0 Å². The average molecular weight is 445 g/mol. The number of nitrogens with zero attached hydrogens (tertiary/aromatic N) is 2. The van der Waals surface area contributed by atoms with Gasteiger partial charge in [-0.1, -0.05) is 35.8 Å². The first-order valence-electron chi connectivity index (χ1n) is 9.79. The Morgan fingerprint density at radius 3 is 2.57 bits per heavy atom. The zero-order valence-corrected chi connectivity index (χ0v) is 18.0. The quantitative estimate of drug-likeness (QED) is 0.403. The van der Waals surface area contributed by atoms with Crippen LogP contribution in [0.3, 0.4) is 0 Å². The summed E-state index contributed by atoms with van der Waals surface area (Å²) in [4.78, 5) is 35.2. The van der Waals surface area contributed by atoms with Gasteiger partial charge in [0.2, 0.25) is 5.91 Å². The van der Waals surface area contributed by atoms with Crippen LogP contribution in [0.1, 0.15) is 32.6 Å². The molecule has 1 amide bonds. The molecule has 3 aromatic rings. The van der Waals surface area contributed by atoms with Crippen LogP contribution in [-0.4, -0.2) is 28.5 Å². The summed E-state index contributed by atoms with van der Waals surface area (Å²) < 4.78 is 5.18. The molecule has 1 saturated carbocycles. The van der Waals surface area contributed by atoms with Crippen molar-refractivity contribution < 1.29 is 14.3 Å². The maximum atomic E-state index is 13.0. The van der Waals surface area contributed by atoms with E-state index < -0.39 is 11.4 Å². The molecule has 0 saturated heterocycles. The number of amides is 1. The lowest BCUT2D eigenvalue weighted by atomic mass is 9.85. The number of carbonyl (C=O) groups is 2. The van der Waals surface area contributed by atoms with E-state index in [1.807, 2.05) is 24.3 Å². The second kappa shape index (κ2) is 8.57. The summed E-state index contributed by atoms with van der Waals surface area (Å²) in [7, 11) is 0. The first kappa shape index (κ1) is 20.6. The minimum Gasteiger partial charge on any atom is -0.465 e. The molecule has 0 atom stereocenters. The number of nitrogens with one attached hydrogen (secondary N) is 2. The summed E-state index contributed by atoms with van der Waals surface area (Å²) in [5, 5.41) is 7.12. The molecule has 2 heterocycles. The fourth-order valence-corrected chi connectivity index (χ4v) is 4.57. The normalized spacial score (nSPS) is 15.1. The number of esters is 1. The van der Waals surface area contributed by atoms with E-state index in [2.05, 4.69) is 20.6 Å². The second-order valence-corrected chi connectivity index (χ2v) is 8.55. The van der Waals surface area contributed by atoms with Crippen LogP contribution >= 0.6 is 22.9 Å². The molecule has 2 aromatic heterocycles. The highest BCUT2D eigenvalue weighted by atomic mass is 35.5. The molecule has 1 aromatic carbocycles. The molecule has 7 nitrogen and oxygen atoms in total. The van der Waals surface area contributed by atoms with Gasteiger partial charge < -0.3 is 15.4 Å². The van der Waals surface area contributed by atoms with E-state index in [1.165, 1.54) is 11.3 Å². The number of benzene rings is 1. The Hall–Kier alpha value is -2.71. The van der Waals surface area contributed by atoms with Gasteiger partial charge in [0.05, 0.1) is 6.61 Å². The predicted molar refractivity (Wildman–Crippen MR) is 118 cm³/mol. The molecule has 9 heteroatoms. The molecule has 1 aliphatic carbocycles. The number of rotatable bonds is 6. The Kier molecular flexibility index (Phi) is 5.87. The summed E-state index contributed by atoms with van der Waals surface area (Å²) in [6.07, 6.45) is 2.65. The lowest BCUT2D eigenvalue weighted by Crippen LogP contribution is -2.42. The average Bonchev–Trinajstić information content (AvgIpc) is 3.37. The number of pyridine rings is 1. The molecular weight excluding hydrogens is 424 g/mol. The van der Waals surface area contributed by atoms with Gasteiger partial charge in [0.15, 0.2) is 5.13 Å². The second-order valence-electron chi connectivity index (χ2n) is 7.14. The van der Waals surface area contributed by atoms with E-state index in [0.717, 1.165) is 18.5 Å². The smallest absolute Gasteiger partial charge is 0.321 e. The van der Waals surface area contributed by atoms with E-state index in [1.54, 1.807) is 19.1 Å². The molecule has 0 aliphatic heterocycles. The molecule has 30 heavy (non-hydrogen) atoms. The van der Waals surface area contributed by atoms with Crippen LogP contribution < -0.4 is 10.6 Å². The largest absolute Gasteiger partial charge is 0.465 e. The van der Waals surface area contributed by atoms with E-state index in [9.17, 15) is 9.59 Å². The Morgan fingerprint density at radius 1 is 1.13 bits per heavy atom. The highest BCUT2D eigenvalue weighted by Gasteiger charge is 2.49. The van der Waals surface area contributed by atoms with Crippen LogP contribution in [-0.2, 0) is 14.3 Å². The van der Waals surface area contributed by atoms with Crippen molar-refractivity contribution in [3.8, 4) is 0 Å². The SMILES string of the molecule is CCOC(=O)C1(C(=O)Nc2nc3ccc(Nc4ccc(Cl)cc4)nc3s2)CCCC1. The number of ether oxygens (including phenoxy) is 1. The molecule has 0 radical (unpaired) electrons. The number of aromatic nitrogens is 2. The van der Waals surface area contributed by atoms with Gasteiger partial charge in [-0.2, -0.15) is 0 Å². The van der Waals surface area contributed by atoms with Gasteiger partial charge in [-0.25, -0.2) is 9.97 Å². The summed E-state index contributed by atoms with van der Waals surface area (Å²) in [5.41, 5.74) is 0.415. The van der Waals surface area contributed by atoms with Gasteiger partial charge in [0.25, 0.3) is 0 Å². The maximum Gasteiger partial charge on any atom is 0.321 e. The first-order chi connectivity index (χ1) is 14.5. The third kappa shape index (κ3) is 4.11. The van der Waals surface area contributed by atoms with Crippen molar-refractivity contribution in [1.82, 2.24) is 9.97 Å². The fraction of sp³-hybridized carbons (Fsp3) is 0.333. The number of hydrogen-bond donors (Lipinski definition) is 2. The number of anilines is 3. The molecule has 1 aliphatic rings. The first-order valence-corrected chi connectivity index (χ1v) is 11.0. The number of thiazole rings is 1. The predicted octanol–water partition coefficient (Wildman–Crippen LogP) is 5.15. The Balaban J connectivity index is 1.52. The van der Waals surface area contributed by atoms with E-state index in [-0.39, 0.29) is 12.5 Å². The van der Waals surface area contributed by atoms with Crippen LogP contribution in [0.4, 0.5) is 16.6 Å². The van der Waals surface area contributed by atoms with Gasteiger partial charge in [-0.05, 0) is 56.2 Å². The number of fused-ring (bicyclic) bond motifs is 1. The summed E-state index contributed by atoms with van der Waals surface area (Å²) >= 11 is 7.19. The zero-order chi connectivity index (χ0) is 21.1. The van der Waals surface area contributed by atoms with Crippen LogP contribution in [0.15, 0.2) is 36.4 Å². The van der Waals surface area contributed by atoms with Gasteiger partial charge in [0.1, 0.15) is 21.6 Å². The molecular formula is C21H21ClN4O3S. The van der Waals surface area contributed by atoms with Gasteiger partial charge in [-0.3, -0.25) is 9.59 Å². The van der Waals surface area contributed by atoms with Crippen molar-refractivity contribution in [2.75, 3.05) is 17.2 Å². The van der Waals surface area contributed by atoms with Gasteiger partial charge in [-0.15, -0.1) is 0 Å². The van der Waals surface area contributed by atoms with Crippen LogP contribution in [0.5, 0.6) is 0 Å². The monoisotopic (exact) mass is 444 g/mol. The summed E-state index contributed by atoms with van der Waals surface area (Å²) in [6, 6.07) is 11.0. The van der Waals surface area contributed by atoms with Crippen LogP contribution in [0, 0.1) is 5.41 Å². The number of halogens is 1. The molecule has 0 bridgehead atoms. The Labute approximate surface area is 182 Å². The standard InChI is InChI=1S/C21H21ClN4O3S/c1-2-29-19(28)21(11-3-4-12-21)18(27)26-20-24-15-9-10-16(25-17(15)30-20)23-14-7-5-13(22)6-8-14/h5-10H,2-4,11-12H2,1H3,(H,23,25)(H,24,26,27). The van der Waals surface area contributed by atoms with Crippen LogP contribution in [0.2, 0.25) is 5.02 Å². The molecule has 0 unspecified atom stereocenters. The molecule has 2 N–H and O–H groups in total.